The minimum atomic E-state index is -3.31. The third kappa shape index (κ3) is 7.13. The Balaban J connectivity index is 1.58. The lowest BCUT2D eigenvalue weighted by atomic mass is 10.1. The van der Waals surface area contributed by atoms with Crippen molar-refractivity contribution >= 4 is 32.4 Å². The second-order valence-electron chi connectivity index (χ2n) is 7.55. The molecular weight excluding hydrogens is 424 g/mol. The number of aromatic nitrogens is 1. The van der Waals surface area contributed by atoms with Crippen molar-refractivity contribution in [3.63, 3.8) is 0 Å². The van der Waals surface area contributed by atoms with Gasteiger partial charge in [0.05, 0.1) is 26.0 Å². The van der Waals surface area contributed by atoms with E-state index in [1.54, 1.807) is 6.20 Å². The van der Waals surface area contributed by atoms with E-state index < -0.39 is 10.0 Å². The van der Waals surface area contributed by atoms with E-state index in [1.807, 2.05) is 42.2 Å². The van der Waals surface area contributed by atoms with Crippen LogP contribution in [0.4, 0.5) is 5.13 Å². The van der Waals surface area contributed by atoms with E-state index >= 15 is 0 Å². The van der Waals surface area contributed by atoms with Gasteiger partial charge in [0.1, 0.15) is 0 Å². The highest BCUT2D eigenvalue weighted by Gasteiger charge is 2.28. The number of amides is 1. The number of aryl methyl sites for hydroxylation is 1. The molecule has 0 saturated carbocycles. The molecule has 0 spiro atoms. The number of benzene rings is 1. The van der Waals surface area contributed by atoms with Crippen molar-refractivity contribution in [1.29, 1.82) is 0 Å². The molecule has 30 heavy (non-hydrogen) atoms. The van der Waals surface area contributed by atoms with Crippen LogP contribution in [0.2, 0.25) is 0 Å². The number of ether oxygens (including phenoxy) is 1. The summed E-state index contributed by atoms with van der Waals surface area (Å²) in [6, 6.07) is 9.86. The van der Waals surface area contributed by atoms with E-state index in [-0.39, 0.29) is 18.4 Å². The van der Waals surface area contributed by atoms with E-state index in [1.165, 1.54) is 21.9 Å². The molecule has 0 aliphatic carbocycles. The summed E-state index contributed by atoms with van der Waals surface area (Å²) in [6.45, 7) is 4.84. The second kappa shape index (κ2) is 10.5. The Morgan fingerprint density at radius 3 is 2.70 bits per heavy atom. The quantitative estimate of drug-likeness (QED) is 0.657. The van der Waals surface area contributed by atoms with E-state index in [0.717, 1.165) is 10.4 Å². The van der Waals surface area contributed by atoms with Crippen molar-refractivity contribution in [3.8, 4) is 0 Å². The molecule has 1 aliphatic heterocycles. The molecule has 1 aromatic carbocycles. The largest absolute Gasteiger partial charge is 0.376 e. The minimum absolute atomic E-state index is 0.0270. The summed E-state index contributed by atoms with van der Waals surface area (Å²) in [5, 5.41) is 3.39. The van der Waals surface area contributed by atoms with Gasteiger partial charge < -0.3 is 10.1 Å². The Kier molecular flexibility index (Phi) is 7.95. The highest BCUT2D eigenvalue weighted by molar-refractivity contribution is 7.88. The summed E-state index contributed by atoms with van der Waals surface area (Å²) in [5.74, 6) is -0.179. The van der Waals surface area contributed by atoms with Gasteiger partial charge in [-0.1, -0.05) is 30.3 Å². The summed E-state index contributed by atoms with van der Waals surface area (Å²) in [7, 11) is -3.31. The number of rotatable bonds is 8. The number of hydrogen-bond donors (Lipinski definition) is 1. The molecule has 1 N–H and O–H groups in total. The zero-order valence-electron chi connectivity index (χ0n) is 17.3. The highest BCUT2D eigenvalue weighted by Crippen LogP contribution is 2.17. The predicted octanol–water partition coefficient (Wildman–Crippen LogP) is 1.80. The molecule has 1 saturated heterocycles. The lowest BCUT2D eigenvalue weighted by molar-refractivity contribution is -0.117. The van der Waals surface area contributed by atoms with Gasteiger partial charge in [-0.3, -0.25) is 9.69 Å². The number of anilines is 1. The molecule has 1 aromatic heterocycles. The standard InChI is InChI=1S/C20H28N4O4S2/c1-16-10-21-20(29-16)22-19(25)13-23-8-9-24(30(2,26)27)12-18(11-23)15-28-14-17-6-4-3-5-7-17/h3-7,10,18H,8-9,11-15H2,1-2H3,(H,21,22,25)/t18-/m1/s1. The first kappa shape index (κ1) is 22.8. The first-order valence-corrected chi connectivity index (χ1v) is 12.5. The van der Waals surface area contributed by atoms with Crippen LogP contribution in [-0.4, -0.2) is 74.1 Å². The van der Waals surface area contributed by atoms with Gasteiger partial charge in [0, 0.05) is 43.2 Å². The first-order chi connectivity index (χ1) is 14.3. The van der Waals surface area contributed by atoms with Gasteiger partial charge in [-0.2, -0.15) is 0 Å². The van der Waals surface area contributed by atoms with Crippen LogP contribution < -0.4 is 5.32 Å². The smallest absolute Gasteiger partial charge is 0.240 e. The number of nitrogens with one attached hydrogen (secondary N) is 1. The fourth-order valence-electron chi connectivity index (χ4n) is 3.39. The van der Waals surface area contributed by atoms with Crippen LogP contribution in [0.3, 0.4) is 0 Å². The van der Waals surface area contributed by atoms with Crippen molar-refractivity contribution in [2.24, 2.45) is 5.92 Å². The van der Waals surface area contributed by atoms with E-state index in [4.69, 9.17) is 4.74 Å². The Morgan fingerprint density at radius 1 is 1.27 bits per heavy atom. The van der Waals surface area contributed by atoms with Crippen LogP contribution in [0.5, 0.6) is 0 Å². The van der Waals surface area contributed by atoms with Crippen molar-refractivity contribution in [3.05, 3.63) is 47.0 Å². The fraction of sp³-hybridized carbons (Fsp3) is 0.500. The number of sulfonamides is 1. The van der Waals surface area contributed by atoms with Crippen molar-refractivity contribution in [2.75, 3.05) is 50.9 Å². The van der Waals surface area contributed by atoms with Gasteiger partial charge in [-0.15, -0.1) is 11.3 Å². The Bertz CT molecular complexity index is 933. The van der Waals surface area contributed by atoms with E-state index in [9.17, 15) is 13.2 Å². The lowest BCUT2D eigenvalue weighted by Crippen LogP contribution is -2.38. The maximum absolute atomic E-state index is 12.4. The molecule has 10 heteroatoms. The number of nitrogens with zero attached hydrogens (tertiary/aromatic N) is 3. The van der Waals surface area contributed by atoms with Gasteiger partial charge in [-0.05, 0) is 12.5 Å². The third-order valence-corrected chi connectivity index (χ3v) is 6.91. The van der Waals surface area contributed by atoms with Gasteiger partial charge in [0.15, 0.2) is 5.13 Å². The Morgan fingerprint density at radius 2 is 2.03 bits per heavy atom. The van der Waals surface area contributed by atoms with Crippen LogP contribution in [0.1, 0.15) is 10.4 Å². The SMILES string of the molecule is Cc1cnc(NC(=O)CN2CCN(S(C)(=O)=O)C[C@H](COCc3ccccc3)C2)s1. The zero-order chi connectivity index (χ0) is 21.6. The van der Waals surface area contributed by atoms with Crippen molar-refractivity contribution in [2.45, 2.75) is 13.5 Å². The molecule has 164 valence electrons. The molecule has 0 unspecified atom stereocenters. The Labute approximate surface area is 181 Å². The molecule has 1 fully saturated rings. The molecule has 0 radical (unpaired) electrons. The van der Waals surface area contributed by atoms with Crippen molar-refractivity contribution in [1.82, 2.24) is 14.2 Å². The molecular formula is C20H28N4O4S2. The van der Waals surface area contributed by atoms with Gasteiger partial charge in [0.2, 0.25) is 15.9 Å². The van der Waals surface area contributed by atoms with Crippen LogP contribution in [0.15, 0.2) is 36.5 Å². The molecule has 1 atom stereocenters. The number of carbonyl (C=O) groups is 1. The van der Waals surface area contributed by atoms with Crippen LogP contribution in [0, 0.1) is 12.8 Å². The topological polar surface area (TPSA) is 91.8 Å². The van der Waals surface area contributed by atoms with Gasteiger partial charge in [0.25, 0.3) is 0 Å². The normalized spacial score (nSPS) is 18.8. The average molecular weight is 453 g/mol. The number of thiazole rings is 1. The second-order valence-corrected chi connectivity index (χ2v) is 10.8. The molecule has 1 aliphatic rings. The van der Waals surface area contributed by atoms with Gasteiger partial charge >= 0.3 is 0 Å². The summed E-state index contributed by atoms with van der Waals surface area (Å²) < 4.78 is 31.6. The van der Waals surface area contributed by atoms with Crippen LogP contribution >= 0.6 is 11.3 Å². The monoisotopic (exact) mass is 452 g/mol. The maximum Gasteiger partial charge on any atom is 0.240 e. The maximum atomic E-state index is 12.4. The highest BCUT2D eigenvalue weighted by atomic mass is 32.2. The van der Waals surface area contributed by atoms with Crippen LogP contribution in [-0.2, 0) is 26.2 Å². The zero-order valence-corrected chi connectivity index (χ0v) is 18.9. The van der Waals surface area contributed by atoms with E-state index in [0.29, 0.717) is 44.5 Å². The lowest BCUT2D eigenvalue weighted by Gasteiger charge is -2.23. The molecule has 8 nitrogen and oxygen atoms in total. The number of carbonyl (C=O) groups excluding carboxylic acids is 1. The van der Waals surface area contributed by atoms with Gasteiger partial charge in [-0.25, -0.2) is 17.7 Å². The molecule has 2 heterocycles. The van der Waals surface area contributed by atoms with E-state index in [2.05, 4.69) is 10.3 Å². The average Bonchev–Trinajstić information content (AvgIpc) is 2.96. The van der Waals surface area contributed by atoms with Crippen LogP contribution in [0.25, 0.3) is 0 Å². The molecule has 3 rings (SSSR count). The first-order valence-electron chi connectivity index (χ1n) is 9.81. The summed E-state index contributed by atoms with van der Waals surface area (Å²) in [4.78, 5) is 19.6. The summed E-state index contributed by atoms with van der Waals surface area (Å²) >= 11 is 1.43. The summed E-state index contributed by atoms with van der Waals surface area (Å²) in [6.07, 6.45) is 2.94. The third-order valence-electron chi connectivity index (χ3n) is 4.81. The fourth-order valence-corrected chi connectivity index (χ4v) is 4.96. The summed E-state index contributed by atoms with van der Waals surface area (Å²) in [5.41, 5.74) is 1.07. The molecule has 2 aromatic rings. The predicted molar refractivity (Wildman–Crippen MR) is 118 cm³/mol. The van der Waals surface area contributed by atoms with Crippen molar-refractivity contribution < 1.29 is 17.9 Å². The molecule has 0 bridgehead atoms. The molecule has 1 amide bonds. The number of hydrogen-bond acceptors (Lipinski definition) is 7. The Hall–Kier alpha value is -1.85. The minimum Gasteiger partial charge on any atom is -0.376 e.